The number of benzene rings is 2. The average Bonchev–Trinajstić information content (AvgIpc) is 2.51. The van der Waals surface area contributed by atoms with E-state index in [0.29, 0.717) is 5.75 Å². The minimum absolute atomic E-state index is 0.441. The third-order valence-corrected chi connectivity index (χ3v) is 3.82. The maximum atomic E-state index is 10.7. The maximum Gasteiger partial charge on any atom is 0.126 e. The molecule has 2 aromatic carbocycles. The molecule has 1 nitrogen and oxygen atoms in total. The van der Waals surface area contributed by atoms with E-state index in [4.69, 9.17) is 0 Å². The van der Waals surface area contributed by atoms with Gasteiger partial charge in [-0.1, -0.05) is 68.3 Å². The Morgan fingerprint density at radius 1 is 1.00 bits per heavy atom. The van der Waals surface area contributed by atoms with Crippen LogP contribution in [0.1, 0.15) is 37.3 Å². The fourth-order valence-electron chi connectivity index (χ4n) is 2.70. The standard InChI is InChI=1S/C20H24O/c1-3-5-7-13-18-15-14-16(10-4-2)19(20(18)21)17-11-8-6-9-12-17/h4,6,8-9,11-12,14-15,21H,2-3,5,7,10,13H2,1H3. The summed E-state index contributed by atoms with van der Waals surface area (Å²) >= 11 is 0. The van der Waals surface area contributed by atoms with Crippen molar-refractivity contribution in [1.29, 1.82) is 0 Å². The van der Waals surface area contributed by atoms with Crippen LogP contribution in [-0.4, -0.2) is 5.11 Å². The van der Waals surface area contributed by atoms with Crippen LogP contribution in [0.3, 0.4) is 0 Å². The molecule has 21 heavy (non-hydrogen) atoms. The van der Waals surface area contributed by atoms with E-state index in [0.717, 1.165) is 41.5 Å². The number of hydrogen-bond donors (Lipinski definition) is 1. The van der Waals surface area contributed by atoms with Gasteiger partial charge in [0.05, 0.1) is 0 Å². The van der Waals surface area contributed by atoms with Crippen LogP contribution >= 0.6 is 0 Å². The molecule has 110 valence electrons. The zero-order chi connectivity index (χ0) is 15.1. The first-order chi connectivity index (χ1) is 10.3. The quantitative estimate of drug-likeness (QED) is 0.523. The molecule has 0 aliphatic carbocycles. The third-order valence-electron chi connectivity index (χ3n) is 3.82. The second-order valence-electron chi connectivity index (χ2n) is 5.42. The molecular weight excluding hydrogens is 256 g/mol. The molecule has 0 aliphatic rings. The Hall–Kier alpha value is -2.02. The molecule has 0 aliphatic heterocycles. The Balaban J connectivity index is 2.42. The van der Waals surface area contributed by atoms with Crippen LogP contribution in [0, 0.1) is 0 Å². The van der Waals surface area contributed by atoms with Gasteiger partial charge in [0.2, 0.25) is 0 Å². The van der Waals surface area contributed by atoms with Crippen molar-refractivity contribution in [3.8, 4) is 16.9 Å². The first-order valence-electron chi connectivity index (χ1n) is 7.78. The number of phenols is 1. The number of rotatable bonds is 7. The number of aromatic hydroxyl groups is 1. The summed E-state index contributed by atoms with van der Waals surface area (Å²) in [7, 11) is 0. The van der Waals surface area contributed by atoms with Gasteiger partial charge in [-0.2, -0.15) is 0 Å². The minimum Gasteiger partial charge on any atom is -0.507 e. The van der Waals surface area contributed by atoms with E-state index in [-0.39, 0.29) is 0 Å². The SMILES string of the molecule is C=CCc1ccc(CCCCC)c(O)c1-c1ccccc1. The van der Waals surface area contributed by atoms with Gasteiger partial charge in [-0.15, -0.1) is 6.58 Å². The van der Waals surface area contributed by atoms with Crippen molar-refractivity contribution in [2.24, 2.45) is 0 Å². The van der Waals surface area contributed by atoms with Crippen LogP contribution in [0.15, 0.2) is 55.1 Å². The minimum atomic E-state index is 0.441. The van der Waals surface area contributed by atoms with E-state index in [2.05, 4.69) is 37.8 Å². The van der Waals surface area contributed by atoms with Crippen LogP contribution in [0.5, 0.6) is 5.75 Å². The Labute approximate surface area is 128 Å². The van der Waals surface area contributed by atoms with Crippen molar-refractivity contribution in [2.45, 2.75) is 39.0 Å². The highest BCUT2D eigenvalue weighted by Crippen LogP contribution is 2.36. The average molecular weight is 280 g/mol. The fourth-order valence-corrected chi connectivity index (χ4v) is 2.70. The summed E-state index contributed by atoms with van der Waals surface area (Å²) < 4.78 is 0. The van der Waals surface area contributed by atoms with Crippen LogP contribution in [-0.2, 0) is 12.8 Å². The lowest BCUT2D eigenvalue weighted by Gasteiger charge is -2.14. The zero-order valence-electron chi connectivity index (χ0n) is 12.8. The molecule has 2 rings (SSSR count). The molecule has 0 unspecified atom stereocenters. The molecule has 0 saturated heterocycles. The molecule has 1 N–H and O–H groups in total. The smallest absolute Gasteiger partial charge is 0.126 e. The Kier molecular flexibility index (Phi) is 5.62. The Bertz CT molecular complexity index is 584. The van der Waals surface area contributed by atoms with Gasteiger partial charge in [0.1, 0.15) is 5.75 Å². The van der Waals surface area contributed by atoms with Gasteiger partial charge in [-0.3, -0.25) is 0 Å². The summed E-state index contributed by atoms with van der Waals surface area (Å²) in [5.74, 6) is 0.441. The fraction of sp³-hybridized carbons (Fsp3) is 0.300. The first-order valence-corrected chi connectivity index (χ1v) is 7.78. The van der Waals surface area contributed by atoms with Crippen LogP contribution in [0.4, 0.5) is 0 Å². The number of unbranched alkanes of at least 4 members (excludes halogenated alkanes) is 2. The zero-order valence-corrected chi connectivity index (χ0v) is 12.8. The second kappa shape index (κ2) is 7.68. The molecule has 0 atom stereocenters. The molecule has 2 aromatic rings. The van der Waals surface area contributed by atoms with Gasteiger partial charge in [0, 0.05) is 5.56 Å². The van der Waals surface area contributed by atoms with E-state index in [1.807, 2.05) is 24.3 Å². The molecule has 0 fully saturated rings. The van der Waals surface area contributed by atoms with Gasteiger partial charge >= 0.3 is 0 Å². The van der Waals surface area contributed by atoms with Crippen molar-refractivity contribution >= 4 is 0 Å². The lowest BCUT2D eigenvalue weighted by Crippen LogP contribution is -1.94. The summed E-state index contributed by atoms with van der Waals surface area (Å²) in [4.78, 5) is 0. The van der Waals surface area contributed by atoms with Gasteiger partial charge in [0.15, 0.2) is 0 Å². The summed E-state index contributed by atoms with van der Waals surface area (Å²) in [6.45, 7) is 6.02. The van der Waals surface area contributed by atoms with Crippen molar-refractivity contribution in [1.82, 2.24) is 0 Å². The predicted molar refractivity (Wildman–Crippen MR) is 90.7 cm³/mol. The van der Waals surface area contributed by atoms with Gasteiger partial charge in [0.25, 0.3) is 0 Å². The summed E-state index contributed by atoms with van der Waals surface area (Å²) in [5.41, 5.74) is 4.22. The summed E-state index contributed by atoms with van der Waals surface area (Å²) in [6.07, 6.45) is 7.12. The largest absolute Gasteiger partial charge is 0.507 e. The molecule has 0 saturated carbocycles. The van der Waals surface area contributed by atoms with Gasteiger partial charge in [-0.25, -0.2) is 0 Å². The highest BCUT2D eigenvalue weighted by molar-refractivity contribution is 5.75. The Morgan fingerprint density at radius 2 is 1.71 bits per heavy atom. The second-order valence-corrected chi connectivity index (χ2v) is 5.42. The van der Waals surface area contributed by atoms with Gasteiger partial charge < -0.3 is 5.11 Å². The van der Waals surface area contributed by atoms with Gasteiger partial charge in [-0.05, 0) is 36.0 Å². The van der Waals surface area contributed by atoms with Crippen molar-refractivity contribution in [3.05, 3.63) is 66.2 Å². The third kappa shape index (κ3) is 3.75. The monoisotopic (exact) mass is 280 g/mol. The van der Waals surface area contributed by atoms with E-state index >= 15 is 0 Å². The van der Waals surface area contributed by atoms with E-state index in [1.165, 1.54) is 12.8 Å². The molecule has 0 amide bonds. The van der Waals surface area contributed by atoms with Crippen LogP contribution in [0.2, 0.25) is 0 Å². The lowest BCUT2D eigenvalue weighted by molar-refractivity contribution is 0.468. The number of allylic oxidation sites excluding steroid dienone is 1. The predicted octanol–water partition coefficient (Wildman–Crippen LogP) is 5.52. The molecule has 0 spiro atoms. The normalized spacial score (nSPS) is 10.5. The van der Waals surface area contributed by atoms with Crippen LogP contribution < -0.4 is 0 Å². The van der Waals surface area contributed by atoms with Crippen LogP contribution in [0.25, 0.3) is 11.1 Å². The highest BCUT2D eigenvalue weighted by atomic mass is 16.3. The van der Waals surface area contributed by atoms with E-state index in [9.17, 15) is 5.11 Å². The summed E-state index contributed by atoms with van der Waals surface area (Å²) in [5, 5.41) is 10.7. The van der Waals surface area contributed by atoms with Crippen molar-refractivity contribution < 1.29 is 5.11 Å². The first kappa shape index (κ1) is 15.4. The van der Waals surface area contributed by atoms with E-state index in [1.54, 1.807) is 0 Å². The molecular formula is C20H24O. The Morgan fingerprint density at radius 3 is 2.38 bits per heavy atom. The number of phenolic OH excluding ortho intramolecular Hbond substituents is 1. The molecule has 0 bridgehead atoms. The van der Waals surface area contributed by atoms with Crippen molar-refractivity contribution in [3.63, 3.8) is 0 Å². The topological polar surface area (TPSA) is 20.2 Å². The van der Waals surface area contributed by atoms with E-state index < -0.39 is 0 Å². The number of hydrogen-bond acceptors (Lipinski definition) is 1. The van der Waals surface area contributed by atoms with Crippen molar-refractivity contribution in [2.75, 3.05) is 0 Å². The summed E-state index contributed by atoms with van der Waals surface area (Å²) in [6, 6.07) is 14.3. The molecule has 1 heteroatoms. The molecule has 0 aromatic heterocycles. The number of aryl methyl sites for hydroxylation is 1. The molecule has 0 heterocycles. The highest BCUT2D eigenvalue weighted by Gasteiger charge is 2.13. The maximum absolute atomic E-state index is 10.7. The lowest BCUT2D eigenvalue weighted by atomic mass is 9.92. The molecule has 0 radical (unpaired) electrons.